The van der Waals surface area contributed by atoms with Crippen molar-refractivity contribution < 1.29 is 17.6 Å². The standard InChI is InChI=1S/C18H17Cl2FN2O3S/c19-13-9-14(20)11-16(10-13)22-18(24)12-5-7-23(8-6-12)27(25,26)17-3-1-15(21)2-4-17/h1-4,9-12H,5-8H2,(H,22,24). The first-order valence-corrected chi connectivity index (χ1v) is 10.5. The van der Waals surface area contributed by atoms with E-state index in [-0.39, 0.29) is 29.8 Å². The van der Waals surface area contributed by atoms with Crippen LogP contribution in [-0.2, 0) is 14.8 Å². The van der Waals surface area contributed by atoms with Gasteiger partial charge < -0.3 is 5.32 Å². The zero-order valence-corrected chi connectivity index (χ0v) is 16.5. The highest BCUT2D eigenvalue weighted by Gasteiger charge is 2.32. The van der Waals surface area contributed by atoms with Crippen molar-refractivity contribution in [2.75, 3.05) is 18.4 Å². The van der Waals surface area contributed by atoms with Gasteiger partial charge in [-0.15, -0.1) is 0 Å². The molecule has 9 heteroatoms. The number of hydrogen-bond acceptors (Lipinski definition) is 3. The number of rotatable bonds is 4. The van der Waals surface area contributed by atoms with Crippen LogP contribution in [0.25, 0.3) is 0 Å². The van der Waals surface area contributed by atoms with Gasteiger partial charge in [-0.1, -0.05) is 23.2 Å². The Morgan fingerprint density at radius 1 is 1.04 bits per heavy atom. The van der Waals surface area contributed by atoms with Crippen LogP contribution in [0.2, 0.25) is 10.0 Å². The second kappa shape index (κ2) is 8.14. The highest BCUT2D eigenvalue weighted by Crippen LogP contribution is 2.27. The number of hydrogen-bond donors (Lipinski definition) is 1. The summed E-state index contributed by atoms with van der Waals surface area (Å²) >= 11 is 11.8. The maximum atomic E-state index is 13.0. The summed E-state index contributed by atoms with van der Waals surface area (Å²) in [4.78, 5) is 12.5. The molecule has 3 rings (SSSR count). The maximum absolute atomic E-state index is 13.0. The van der Waals surface area contributed by atoms with E-state index in [1.807, 2.05) is 0 Å². The van der Waals surface area contributed by atoms with Crippen LogP contribution < -0.4 is 5.32 Å². The Bertz CT molecular complexity index is 923. The van der Waals surface area contributed by atoms with E-state index in [1.54, 1.807) is 18.2 Å². The van der Waals surface area contributed by atoms with E-state index < -0.39 is 15.8 Å². The summed E-state index contributed by atoms with van der Waals surface area (Å²) in [5.74, 6) is -1.01. The summed E-state index contributed by atoms with van der Waals surface area (Å²) in [5, 5.41) is 3.60. The molecule has 1 amide bonds. The van der Waals surface area contributed by atoms with Crippen LogP contribution in [0.3, 0.4) is 0 Å². The van der Waals surface area contributed by atoms with Crippen LogP contribution in [-0.4, -0.2) is 31.7 Å². The lowest BCUT2D eigenvalue weighted by molar-refractivity contribution is -0.120. The molecular weight excluding hydrogens is 414 g/mol. The Kier molecular flexibility index (Phi) is 6.05. The van der Waals surface area contributed by atoms with E-state index in [4.69, 9.17) is 23.2 Å². The van der Waals surface area contributed by atoms with Crippen molar-refractivity contribution in [1.82, 2.24) is 4.31 Å². The first kappa shape index (κ1) is 20.1. The minimum atomic E-state index is -3.70. The molecule has 2 aromatic rings. The van der Waals surface area contributed by atoms with Gasteiger partial charge in [-0.25, -0.2) is 12.8 Å². The van der Waals surface area contributed by atoms with Crippen LogP contribution >= 0.6 is 23.2 Å². The predicted octanol–water partition coefficient (Wildman–Crippen LogP) is 4.17. The summed E-state index contributed by atoms with van der Waals surface area (Å²) in [5.41, 5.74) is 0.499. The minimum Gasteiger partial charge on any atom is -0.326 e. The molecule has 1 N–H and O–H groups in total. The van der Waals surface area contributed by atoms with Crippen molar-refractivity contribution in [1.29, 1.82) is 0 Å². The lowest BCUT2D eigenvalue weighted by Gasteiger charge is -2.30. The average Bonchev–Trinajstić information content (AvgIpc) is 2.61. The van der Waals surface area contributed by atoms with Gasteiger partial charge in [-0.3, -0.25) is 4.79 Å². The van der Waals surface area contributed by atoms with Crippen molar-refractivity contribution in [3.63, 3.8) is 0 Å². The predicted molar refractivity (Wildman–Crippen MR) is 103 cm³/mol. The second-order valence-corrected chi connectivity index (χ2v) is 9.09. The second-order valence-electron chi connectivity index (χ2n) is 6.28. The number of piperidine rings is 1. The van der Waals surface area contributed by atoms with Gasteiger partial charge >= 0.3 is 0 Å². The molecule has 1 fully saturated rings. The number of carbonyl (C=O) groups is 1. The molecule has 0 spiro atoms. The molecular formula is C18H17Cl2FN2O3S. The largest absolute Gasteiger partial charge is 0.326 e. The van der Waals surface area contributed by atoms with Crippen LogP contribution in [0.5, 0.6) is 0 Å². The van der Waals surface area contributed by atoms with Gasteiger partial charge in [0.1, 0.15) is 5.82 Å². The number of anilines is 1. The van der Waals surface area contributed by atoms with Crippen LogP contribution in [0.1, 0.15) is 12.8 Å². The summed E-state index contributed by atoms with van der Waals surface area (Å²) in [6.45, 7) is 0.433. The number of nitrogens with one attached hydrogen (secondary N) is 1. The summed E-state index contributed by atoms with van der Waals surface area (Å²) in [6, 6.07) is 9.47. The first-order chi connectivity index (χ1) is 12.8. The Morgan fingerprint density at radius 3 is 2.15 bits per heavy atom. The topological polar surface area (TPSA) is 66.5 Å². The van der Waals surface area contributed by atoms with Crippen molar-refractivity contribution in [2.24, 2.45) is 5.92 Å². The normalized spacial score (nSPS) is 16.3. The van der Waals surface area contributed by atoms with Crippen LogP contribution in [0.15, 0.2) is 47.4 Å². The lowest BCUT2D eigenvalue weighted by atomic mass is 9.97. The maximum Gasteiger partial charge on any atom is 0.243 e. The number of carbonyl (C=O) groups excluding carboxylic acids is 1. The van der Waals surface area contributed by atoms with Gasteiger partial charge in [-0.05, 0) is 55.3 Å². The van der Waals surface area contributed by atoms with E-state index in [2.05, 4.69) is 5.32 Å². The molecule has 0 aliphatic carbocycles. The molecule has 2 aromatic carbocycles. The number of sulfonamides is 1. The van der Waals surface area contributed by atoms with E-state index in [1.165, 1.54) is 16.4 Å². The van der Waals surface area contributed by atoms with Gasteiger partial charge in [0.2, 0.25) is 15.9 Å². The minimum absolute atomic E-state index is 0.0420. The van der Waals surface area contributed by atoms with Gasteiger partial charge in [0, 0.05) is 34.7 Å². The van der Waals surface area contributed by atoms with Gasteiger partial charge in [0.05, 0.1) is 4.90 Å². The highest BCUT2D eigenvalue weighted by molar-refractivity contribution is 7.89. The molecule has 1 aliphatic rings. The Labute approximate surface area is 167 Å². The molecule has 27 heavy (non-hydrogen) atoms. The zero-order chi connectivity index (χ0) is 19.6. The zero-order valence-electron chi connectivity index (χ0n) is 14.2. The van der Waals surface area contributed by atoms with Crippen molar-refractivity contribution in [2.45, 2.75) is 17.7 Å². The van der Waals surface area contributed by atoms with Crippen molar-refractivity contribution >= 4 is 44.8 Å². The molecule has 144 valence electrons. The molecule has 0 unspecified atom stereocenters. The van der Waals surface area contributed by atoms with Gasteiger partial charge in [0.15, 0.2) is 0 Å². The fourth-order valence-corrected chi connectivity index (χ4v) is 4.98. The van der Waals surface area contributed by atoms with E-state index in [0.29, 0.717) is 28.6 Å². The molecule has 0 saturated carbocycles. The van der Waals surface area contributed by atoms with E-state index in [0.717, 1.165) is 12.1 Å². The third-order valence-corrected chi connectivity index (χ3v) is 6.76. The monoisotopic (exact) mass is 430 g/mol. The Morgan fingerprint density at radius 2 is 1.59 bits per heavy atom. The summed E-state index contributed by atoms with van der Waals surface area (Å²) < 4.78 is 39.6. The molecule has 1 aliphatic heterocycles. The van der Waals surface area contributed by atoms with Crippen molar-refractivity contribution in [3.05, 3.63) is 58.3 Å². The van der Waals surface area contributed by atoms with E-state index in [9.17, 15) is 17.6 Å². The molecule has 0 bridgehead atoms. The number of amides is 1. The van der Waals surface area contributed by atoms with Gasteiger partial charge in [0.25, 0.3) is 0 Å². The fourth-order valence-electron chi connectivity index (χ4n) is 2.98. The molecule has 0 radical (unpaired) electrons. The SMILES string of the molecule is O=C(Nc1cc(Cl)cc(Cl)c1)C1CCN(S(=O)(=O)c2ccc(F)cc2)CC1. The third kappa shape index (κ3) is 4.79. The number of halogens is 3. The molecule has 5 nitrogen and oxygen atoms in total. The Hall–Kier alpha value is -1.67. The molecule has 1 saturated heterocycles. The van der Waals surface area contributed by atoms with Crippen LogP contribution in [0.4, 0.5) is 10.1 Å². The molecule has 1 heterocycles. The Balaban J connectivity index is 1.62. The summed E-state index contributed by atoms with van der Waals surface area (Å²) in [7, 11) is -3.70. The smallest absolute Gasteiger partial charge is 0.243 e. The lowest BCUT2D eigenvalue weighted by Crippen LogP contribution is -2.41. The van der Waals surface area contributed by atoms with E-state index >= 15 is 0 Å². The average molecular weight is 431 g/mol. The highest BCUT2D eigenvalue weighted by atomic mass is 35.5. The number of nitrogens with zero attached hydrogens (tertiary/aromatic N) is 1. The van der Waals surface area contributed by atoms with Gasteiger partial charge in [-0.2, -0.15) is 4.31 Å². The summed E-state index contributed by atoms with van der Waals surface area (Å²) in [6.07, 6.45) is 0.779. The quantitative estimate of drug-likeness (QED) is 0.790. The number of benzene rings is 2. The molecule has 0 atom stereocenters. The van der Waals surface area contributed by atoms with Crippen LogP contribution in [0, 0.1) is 11.7 Å². The fraction of sp³-hybridized carbons (Fsp3) is 0.278. The van der Waals surface area contributed by atoms with Crippen molar-refractivity contribution in [3.8, 4) is 0 Å². The molecule has 0 aromatic heterocycles. The first-order valence-electron chi connectivity index (χ1n) is 8.28. The third-order valence-electron chi connectivity index (χ3n) is 4.41.